The number of carboxylic acid groups (broad SMARTS) is 1. The summed E-state index contributed by atoms with van der Waals surface area (Å²) in [7, 11) is 0. The van der Waals surface area contributed by atoms with Crippen LogP contribution in [0.15, 0.2) is 41.7 Å². The fourth-order valence-corrected chi connectivity index (χ4v) is 2.28. The number of aliphatic carboxylic acids is 1. The minimum absolute atomic E-state index is 0.255. The van der Waals surface area contributed by atoms with E-state index in [0.717, 1.165) is 5.56 Å². The van der Waals surface area contributed by atoms with Gasteiger partial charge in [0.05, 0.1) is 12.0 Å². The molecular formula is C14H17FN2O2. The van der Waals surface area contributed by atoms with Gasteiger partial charge >= 0.3 is 5.97 Å². The Labute approximate surface area is 111 Å². The van der Waals surface area contributed by atoms with Gasteiger partial charge in [0.1, 0.15) is 5.83 Å². The monoisotopic (exact) mass is 264 g/mol. The van der Waals surface area contributed by atoms with Crippen LogP contribution in [0.2, 0.25) is 0 Å². The molecule has 4 nitrogen and oxygen atoms in total. The molecule has 0 bridgehead atoms. The molecule has 1 fully saturated rings. The van der Waals surface area contributed by atoms with Gasteiger partial charge in [-0.3, -0.25) is 4.79 Å². The van der Waals surface area contributed by atoms with Crippen molar-refractivity contribution >= 4 is 5.97 Å². The molecule has 4 N–H and O–H groups in total. The molecule has 1 heterocycles. The first-order chi connectivity index (χ1) is 9.09. The maximum absolute atomic E-state index is 14.2. The van der Waals surface area contributed by atoms with Crippen molar-refractivity contribution in [3.05, 3.63) is 47.3 Å². The Bertz CT molecular complexity index is 487. The zero-order chi connectivity index (χ0) is 13.8. The van der Waals surface area contributed by atoms with Gasteiger partial charge in [0.15, 0.2) is 0 Å². The molecular weight excluding hydrogens is 247 g/mol. The smallest absolute Gasteiger partial charge is 0.312 e. The standard InChI is InChI=1S/C14H17FN2O2/c15-13(10-7-17-8-11(10)14(18)19)12(16)6-9-4-2-1-3-5-9/h1-5,11-12,17H,6-8,16H2,(H,18,19)/b13-10-. The molecule has 2 atom stereocenters. The zero-order valence-electron chi connectivity index (χ0n) is 10.5. The Kier molecular flexibility index (Phi) is 4.29. The summed E-state index contributed by atoms with van der Waals surface area (Å²) in [6, 6.07) is 8.57. The summed E-state index contributed by atoms with van der Waals surface area (Å²) in [6.45, 7) is 0.515. The van der Waals surface area contributed by atoms with Crippen molar-refractivity contribution in [3.8, 4) is 0 Å². The molecule has 1 aromatic rings. The van der Waals surface area contributed by atoms with Gasteiger partial charge in [0.2, 0.25) is 0 Å². The molecule has 102 valence electrons. The molecule has 2 rings (SSSR count). The molecule has 0 amide bonds. The van der Waals surface area contributed by atoms with Gasteiger partial charge in [-0.2, -0.15) is 0 Å². The molecule has 5 heteroatoms. The number of nitrogens with one attached hydrogen (secondary N) is 1. The van der Waals surface area contributed by atoms with E-state index >= 15 is 0 Å². The van der Waals surface area contributed by atoms with Crippen LogP contribution >= 0.6 is 0 Å². The maximum Gasteiger partial charge on any atom is 0.312 e. The van der Waals surface area contributed by atoms with Crippen LogP contribution in [0, 0.1) is 5.92 Å². The molecule has 0 aliphatic carbocycles. The molecule has 1 aliphatic heterocycles. The third-order valence-corrected chi connectivity index (χ3v) is 3.31. The lowest BCUT2D eigenvalue weighted by molar-refractivity contribution is -0.139. The largest absolute Gasteiger partial charge is 0.481 e. The van der Waals surface area contributed by atoms with E-state index in [1.54, 1.807) is 0 Å². The van der Waals surface area contributed by atoms with Gasteiger partial charge in [0.25, 0.3) is 0 Å². The summed E-state index contributed by atoms with van der Waals surface area (Å²) >= 11 is 0. The molecule has 0 radical (unpaired) electrons. The van der Waals surface area contributed by atoms with E-state index in [0.29, 0.717) is 6.42 Å². The second-order valence-electron chi connectivity index (χ2n) is 4.69. The van der Waals surface area contributed by atoms with Crippen molar-refractivity contribution in [2.24, 2.45) is 11.7 Å². The average Bonchev–Trinajstić information content (AvgIpc) is 2.88. The quantitative estimate of drug-likeness (QED) is 0.761. The van der Waals surface area contributed by atoms with Crippen LogP contribution in [-0.2, 0) is 11.2 Å². The summed E-state index contributed by atoms with van der Waals surface area (Å²) in [5.41, 5.74) is 7.05. The number of hydrogen-bond donors (Lipinski definition) is 3. The highest BCUT2D eigenvalue weighted by Crippen LogP contribution is 2.23. The van der Waals surface area contributed by atoms with Crippen molar-refractivity contribution in [1.82, 2.24) is 5.32 Å². The van der Waals surface area contributed by atoms with Gasteiger partial charge in [-0.15, -0.1) is 0 Å². The second-order valence-corrected chi connectivity index (χ2v) is 4.69. The third kappa shape index (κ3) is 3.19. The Morgan fingerprint density at radius 1 is 1.47 bits per heavy atom. The van der Waals surface area contributed by atoms with E-state index in [-0.39, 0.29) is 18.7 Å². The summed E-state index contributed by atoms with van der Waals surface area (Å²) in [6.07, 6.45) is 0.364. The first-order valence-electron chi connectivity index (χ1n) is 6.21. The van der Waals surface area contributed by atoms with Crippen LogP contribution in [0.3, 0.4) is 0 Å². The molecule has 1 aliphatic rings. The molecule has 19 heavy (non-hydrogen) atoms. The Morgan fingerprint density at radius 2 is 2.16 bits per heavy atom. The maximum atomic E-state index is 14.2. The first-order valence-corrected chi connectivity index (χ1v) is 6.21. The fraction of sp³-hybridized carbons (Fsp3) is 0.357. The predicted molar refractivity (Wildman–Crippen MR) is 70.3 cm³/mol. The van der Waals surface area contributed by atoms with E-state index in [1.165, 1.54) is 0 Å². The number of nitrogens with two attached hydrogens (primary N) is 1. The average molecular weight is 264 g/mol. The number of carbonyl (C=O) groups is 1. The summed E-state index contributed by atoms with van der Waals surface area (Å²) in [4.78, 5) is 11.0. The lowest BCUT2D eigenvalue weighted by Crippen LogP contribution is -2.27. The second kappa shape index (κ2) is 5.95. The minimum Gasteiger partial charge on any atom is -0.481 e. The van der Waals surface area contributed by atoms with Gasteiger partial charge in [-0.05, 0) is 17.6 Å². The lowest BCUT2D eigenvalue weighted by Gasteiger charge is -2.14. The normalized spacial score (nSPS) is 23.2. The number of hydrogen-bond acceptors (Lipinski definition) is 3. The summed E-state index contributed by atoms with van der Waals surface area (Å²) < 4.78 is 14.2. The molecule has 0 saturated carbocycles. The van der Waals surface area contributed by atoms with Gasteiger partial charge in [0, 0.05) is 13.1 Å². The van der Waals surface area contributed by atoms with E-state index < -0.39 is 23.8 Å². The highest BCUT2D eigenvalue weighted by atomic mass is 19.1. The van der Waals surface area contributed by atoms with Crippen LogP contribution in [0.1, 0.15) is 5.56 Å². The number of carboxylic acids is 1. The topological polar surface area (TPSA) is 75.3 Å². The zero-order valence-corrected chi connectivity index (χ0v) is 10.5. The van der Waals surface area contributed by atoms with Crippen molar-refractivity contribution in [2.75, 3.05) is 13.1 Å². The van der Waals surface area contributed by atoms with Gasteiger partial charge in [-0.25, -0.2) is 4.39 Å². The number of rotatable bonds is 4. The number of benzene rings is 1. The van der Waals surface area contributed by atoms with Crippen molar-refractivity contribution < 1.29 is 14.3 Å². The highest BCUT2D eigenvalue weighted by molar-refractivity contribution is 5.75. The lowest BCUT2D eigenvalue weighted by atomic mass is 9.97. The van der Waals surface area contributed by atoms with Crippen LogP contribution in [0.25, 0.3) is 0 Å². The van der Waals surface area contributed by atoms with E-state index in [9.17, 15) is 9.18 Å². The Morgan fingerprint density at radius 3 is 2.79 bits per heavy atom. The van der Waals surface area contributed by atoms with Crippen molar-refractivity contribution in [2.45, 2.75) is 12.5 Å². The summed E-state index contributed by atoms with van der Waals surface area (Å²) in [5, 5.41) is 11.9. The van der Waals surface area contributed by atoms with Gasteiger partial charge in [-0.1, -0.05) is 30.3 Å². The van der Waals surface area contributed by atoms with Crippen molar-refractivity contribution in [3.63, 3.8) is 0 Å². The van der Waals surface area contributed by atoms with Crippen LogP contribution in [0.5, 0.6) is 0 Å². The first kappa shape index (κ1) is 13.7. The Balaban J connectivity index is 2.14. The van der Waals surface area contributed by atoms with Crippen LogP contribution in [-0.4, -0.2) is 30.2 Å². The van der Waals surface area contributed by atoms with Crippen molar-refractivity contribution in [1.29, 1.82) is 0 Å². The number of halogens is 1. The van der Waals surface area contributed by atoms with E-state index in [2.05, 4.69) is 5.32 Å². The predicted octanol–water partition coefficient (Wildman–Crippen LogP) is 1.08. The van der Waals surface area contributed by atoms with Gasteiger partial charge < -0.3 is 16.2 Å². The van der Waals surface area contributed by atoms with E-state index in [4.69, 9.17) is 10.8 Å². The molecule has 1 aromatic carbocycles. The summed E-state index contributed by atoms with van der Waals surface area (Å²) in [5.74, 6) is -2.31. The molecule has 0 aromatic heterocycles. The minimum atomic E-state index is -1.01. The van der Waals surface area contributed by atoms with Crippen LogP contribution < -0.4 is 11.1 Å². The Hall–Kier alpha value is -1.72. The van der Waals surface area contributed by atoms with E-state index in [1.807, 2.05) is 30.3 Å². The molecule has 0 spiro atoms. The fourth-order valence-electron chi connectivity index (χ4n) is 2.28. The third-order valence-electron chi connectivity index (χ3n) is 3.31. The van der Waals surface area contributed by atoms with Crippen LogP contribution in [0.4, 0.5) is 4.39 Å². The SMILES string of the molecule is NC(Cc1ccccc1)/C(F)=C1\CNCC1C(=O)O. The molecule has 1 saturated heterocycles. The highest BCUT2D eigenvalue weighted by Gasteiger charge is 2.31. The molecule has 2 unspecified atom stereocenters.